The molecule has 2 N–H and O–H groups in total. The van der Waals surface area contributed by atoms with Crippen molar-refractivity contribution in [1.29, 1.82) is 0 Å². The Morgan fingerprint density at radius 2 is 1.75 bits per heavy atom. The van der Waals surface area contributed by atoms with Gasteiger partial charge in [0, 0.05) is 46.1 Å². The maximum atomic E-state index is 11.6. The van der Waals surface area contributed by atoms with Crippen LogP contribution in [0.15, 0.2) is 0 Å². The fraction of sp³-hybridized carbons (Fsp3) is 0.818. The highest BCUT2D eigenvalue weighted by molar-refractivity contribution is 5.76. The van der Waals surface area contributed by atoms with Gasteiger partial charge >= 0.3 is 0 Å². The average molecular weight is 227 g/mol. The standard InChI is InChI=1S/C11H21N3O2/c1-12-10(15)4-6-13-7-5-11(16)14-8-2-3-9-14/h13H,2-9H2,1H3,(H,12,15). The van der Waals surface area contributed by atoms with E-state index in [1.165, 1.54) is 0 Å². The molecule has 1 heterocycles. The van der Waals surface area contributed by atoms with Gasteiger partial charge in [-0.25, -0.2) is 0 Å². The van der Waals surface area contributed by atoms with Crippen molar-refractivity contribution in [1.82, 2.24) is 15.5 Å². The maximum Gasteiger partial charge on any atom is 0.223 e. The van der Waals surface area contributed by atoms with Crippen molar-refractivity contribution < 1.29 is 9.59 Å². The lowest BCUT2D eigenvalue weighted by Gasteiger charge is -2.15. The minimum atomic E-state index is 0.0263. The molecule has 0 aromatic rings. The Labute approximate surface area is 96.6 Å². The zero-order valence-corrected chi connectivity index (χ0v) is 9.92. The highest BCUT2D eigenvalue weighted by Crippen LogP contribution is 2.08. The zero-order chi connectivity index (χ0) is 11.8. The van der Waals surface area contributed by atoms with Crippen LogP contribution in [0.25, 0.3) is 0 Å². The summed E-state index contributed by atoms with van der Waals surface area (Å²) >= 11 is 0. The summed E-state index contributed by atoms with van der Waals surface area (Å²) in [6.45, 7) is 3.12. The van der Waals surface area contributed by atoms with Crippen molar-refractivity contribution in [2.45, 2.75) is 25.7 Å². The largest absolute Gasteiger partial charge is 0.359 e. The molecule has 0 radical (unpaired) electrons. The Kier molecular flexibility index (Phi) is 5.85. The van der Waals surface area contributed by atoms with Crippen molar-refractivity contribution in [3.8, 4) is 0 Å². The molecule has 1 aliphatic heterocycles. The number of hydrogen-bond acceptors (Lipinski definition) is 3. The summed E-state index contributed by atoms with van der Waals surface area (Å²) in [6.07, 6.45) is 3.27. The third-order valence-electron chi connectivity index (χ3n) is 2.78. The summed E-state index contributed by atoms with van der Waals surface area (Å²) in [6, 6.07) is 0. The van der Waals surface area contributed by atoms with E-state index >= 15 is 0 Å². The second-order valence-corrected chi connectivity index (χ2v) is 4.01. The predicted octanol–water partition coefficient (Wildman–Crippen LogP) is -0.275. The lowest BCUT2D eigenvalue weighted by Crippen LogP contribution is -2.31. The van der Waals surface area contributed by atoms with Crippen molar-refractivity contribution in [3.63, 3.8) is 0 Å². The van der Waals surface area contributed by atoms with E-state index in [0.717, 1.165) is 25.9 Å². The first-order chi connectivity index (χ1) is 7.74. The number of hydrogen-bond donors (Lipinski definition) is 2. The van der Waals surface area contributed by atoms with E-state index in [1.807, 2.05) is 4.90 Å². The first-order valence-electron chi connectivity index (χ1n) is 5.93. The first-order valence-corrected chi connectivity index (χ1v) is 5.93. The van der Waals surface area contributed by atoms with E-state index in [1.54, 1.807) is 7.05 Å². The molecule has 0 bridgehead atoms. The first kappa shape index (κ1) is 13.0. The molecule has 0 saturated carbocycles. The van der Waals surface area contributed by atoms with Gasteiger partial charge in [0.15, 0.2) is 0 Å². The summed E-state index contributed by atoms with van der Waals surface area (Å²) in [5.74, 6) is 0.253. The molecule has 0 unspecified atom stereocenters. The van der Waals surface area contributed by atoms with Crippen molar-refractivity contribution in [3.05, 3.63) is 0 Å². The SMILES string of the molecule is CNC(=O)CCNCCC(=O)N1CCCC1. The van der Waals surface area contributed by atoms with E-state index < -0.39 is 0 Å². The second-order valence-electron chi connectivity index (χ2n) is 4.01. The van der Waals surface area contributed by atoms with E-state index in [2.05, 4.69) is 10.6 Å². The van der Waals surface area contributed by atoms with Gasteiger partial charge in [0.1, 0.15) is 0 Å². The van der Waals surface area contributed by atoms with Gasteiger partial charge in [-0.2, -0.15) is 0 Å². The van der Waals surface area contributed by atoms with Crippen molar-refractivity contribution in [2.24, 2.45) is 0 Å². The van der Waals surface area contributed by atoms with Gasteiger partial charge in [-0.3, -0.25) is 9.59 Å². The summed E-state index contributed by atoms with van der Waals surface area (Å²) in [4.78, 5) is 24.4. The number of likely N-dealkylation sites (tertiary alicyclic amines) is 1. The highest BCUT2D eigenvalue weighted by atomic mass is 16.2. The van der Waals surface area contributed by atoms with Crippen molar-refractivity contribution in [2.75, 3.05) is 33.2 Å². The number of nitrogens with one attached hydrogen (secondary N) is 2. The molecule has 0 aromatic carbocycles. The monoisotopic (exact) mass is 227 g/mol. The fourth-order valence-corrected chi connectivity index (χ4v) is 1.77. The van der Waals surface area contributed by atoms with Gasteiger partial charge in [0.25, 0.3) is 0 Å². The molecule has 1 saturated heterocycles. The molecule has 0 atom stereocenters. The molecule has 1 aliphatic rings. The Morgan fingerprint density at radius 1 is 1.12 bits per heavy atom. The van der Waals surface area contributed by atoms with Gasteiger partial charge in [-0.15, -0.1) is 0 Å². The number of amides is 2. The Hall–Kier alpha value is -1.10. The van der Waals surface area contributed by atoms with Crippen LogP contribution in [0.5, 0.6) is 0 Å². The zero-order valence-electron chi connectivity index (χ0n) is 9.92. The molecular weight excluding hydrogens is 206 g/mol. The summed E-state index contributed by atoms with van der Waals surface area (Å²) in [5.41, 5.74) is 0. The normalized spacial score (nSPS) is 15.2. The summed E-state index contributed by atoms with van der Waals surface area (Å²) in [7, 11) is 1.62. The fourth-order valence-electron chi connectivity index (χ4n) is 1.77. The predicted molar refractivity (Wildman–Crippen MR) is 62.0 cm³/mol. The van der Waals surface area contributed by atoms with Crippen LogP contribution in [-0.2, 0) is 9.59 Å². The maximum absolute atomic E-state index is 11.6. The number of carbonyl (C=O) groups excluding carboxylic acids is 2. The Morgan fingerprint density at radius 3 is 2.38 bits per heavy atom. The molecule has 0 aliphatic carbocycles. The molecule has 16 heavy (non-hydrogen) atoms. The molecule has 1 fully saturated rings. The third-order valence-corrected chi connectivity index (χ3v) is 2.78. The van der Waals surface area contributed by atoms with Crippen LogP contribution in [0.2, 0.25) is 0 Å². The number of rotatable bonds is 6. The average Bonchev–Trinajstić information content (AvgIpc) is 2.81. The van der Waals surface area contributed by atoms with E-state index in [-0.39, 0.29) is 11.8 Å². The van der Waals surface area contributed by atoms with Gasteiger partial charge < -0.3 is 15.5 Å². The van der Waals surface area contributed by atoms with Gasteiger partial charge in [0.2, 0.25) is 11.8 Å². The quantitative estimate of drug-likeness (QED) is 0.614. The van der Waals surface area contributed by atoms with Crippen LogP contribution in [0.1, 0.15) is 25.7 Å². The van der Waals surface area contributed by atoms with Crippen LogP contribution in [-0.4, -0.2) is 49.9 Å². The molecule has 2 amide bonds. The van der Waals surface area contributed by atoms with Crippen LogP contribution in [0.3, 0.4) is 0 Å². The molecule has 1 rings (SSSR count). The summed E-state index contributed by atoms with van der Waals surface area (Å²) in [5, 5.41) is 5.65. The van der Waals surface area contributed by atoms with Crippen LogP contribution >= 0.6 is 0 Å². The number of carbonyl (C=O) groups is 2. The Balaban J connectivity index is 1.98. The molecule has 0 spiro atoms. The van der Waals surface area contributed by atoms with Crippen LogP contribution in [0, 0.1) is 0 Å². The lowest BCUT2D eigenvalue weighted by molar-refractivity contribution is -0.130. The smallest absolute Gasteiger partial charge is 0.223 e. The van der Waals surface area contributed by atoms with E-state index in [4.69, 9.17) is 0 Å². The summed E-state index contributed by atoms with van der Waals surface area (Å²) < 4.78 is 0. The van der Waals surface area contributed by atoms with Crippen molar-refractivity contribution >= 4 is 11.8 Å². The molecule has 5 heteroatoms. The van der Waals surface area contributed by atoms with Crippen LogP contribution < -0.4 is 10.6 Å². The van der Waals surface area contributed by atoms with Gasteiger partial charge in [-0.05, 0) is 12.8 Å². The van der Waals surface area contributed by atoms with Gasteiger partial charge in [0.05, 0.1) is 0 Å². The third kappa shape index (κ3) is 4.61. The molecule has 0 aromatic heterocycles. The number of nitrogens with zero attached hydrogens (tertiary/aromatic N) is 1. The van der Waals surface area contributed by atoms with E-state index in [0.29, 0.717) is 25.9 Å². The molecule has 5 nitrogen and oxygen atoms in total. The van der Waals surface area contributed by atoms with Gasteiger partial charge in [-0.1, -0.05) is 0 Å². The minimum absolute atomic E-state index is 0.0263. The highest BCUT2D eigenvalue weighted by Gasteiger charge is 2.16. The second kappa shape index (κ2) is 7.22. The molecule has 92 valence electrons. The lowest BCUT2D eigenvalue weighted by atomic mass is 10.3. The van der Waals surface area contributed by atoms with Crippen LogP contribution in [0.4, 0.5) is 0 Å². The Bertz CT molecular complexity index is 237. The van der Waals surface area contributed by atoms with E-state index in [9.17, 15) is 9.59 Å². The topological polar surface area (TPSA) is 61.4 Å². The molecular formula is C11H21N3O2. The minimum Gasteiger partial charge on any atom is -0.359 e.